The Kier molecular flexibility index (Phi) is 7.54. The molecule has 1 unspecified atom stereocenters. The van der Waals surface area contributed by atoms with Crippen molar-refractivity contribution in [3.05, 3.63) is 82.6 Å². The lowest BCUT2D eigenvalue weighted by atomic mass is 9.87. The van der Waals surface area contributed by atoms with Crippen molar-refractivity contribution in [3.63, 3.8) is 0 Å². The predicted octanol–water partition coefficient (Wildman–Crippen LogP) is 4.83. The van der Waals surface area contributed by atoms with Crippen LogP contribution in [0.2, 0.25) is 0 Å². The maximum Gasteiger partial charge on any atom is 0.273 e. The minimum Gasteiger partial charge on any atom is -0.484 e. The van der Waals surface area contributed by atoms with Gasteiger partial charge >= 0.3 is 0 Å². The summed E-state index contributed by atoms with van der Waals surface area (Å²) in [5.74, 6) is 1.18. The third kappa shape index (κ3) is 5.73. The molecule has 0 bridgehead atoms. The van der Waals surface area contributed by atoms with Crippen molar-refractivity contribution in [2.75, 3.05) is 13.1 Å². The first kappa shape index (κ1) is 24.5. The van der Waals surface area contributed by atoms with E-state index in [1.165, 1.54) is 17.4 Å². The summed E-state index contributed by atoms with van der Waals surface area (Å²) in [4.78, 5) is 31.4. The number of rotatable bonds is 8. The second kappa shape index (κ2) is 10.8. The maximum absolute atomic E-state index is 13.2. The zero-order valence-corrected chi connectivity index (χ0v) is 20.8. The summed E-state index contributed by atoms with van der Waals surface area (Å²) >= 11 is 0. The molecule has 0 aliphatic carbocycles. The van der Waals surface area contributed by atoms with E-state index in [9.17, 15) is 9.59 Å². The Balaban J connectivity index is 1.59. The van der Waals surface area contributed by atoms with Crippen LogP contribution in [0, 0.1) is 12.8 Å². The standard InChI is InChI=1S/C28H33N3O4/c1-5-29-28(33)24-16-35-25(30-24)17-34-22-11-10-20-12-13-31(26(32)14-18(2)3)27(23(20)15-22)21-8-6-19(4)7-9-21/h6-11,15-16,18,27H,5,12-14,17H2,1-4H3,(H,29,33). The van der Waals surface area contributed by atoms with Crippen LogP contribution in [0.3, 0.4) is 0 Å². The molecule has 0 saturated carbocycles. The van der Waals surface area contributed by atoms with Gasteiger partial charge in [0.2, 0.25) is 11.8 Å². The van der Waals surface area contributed by atoms with Crippen molar-refractivity contribution in [3.8, 4) is 5.75 Å². The summed E-state index contributed by atoms with van der Waals surface area (Å²) in [7, 11) is 0. The summed E-state index contributed by atoms with van der Waals surface area (Å²) in [5, 5.41) is 2.70. The molecule has 1 aliphatic rings. The van der Waals surface area contributed by atoms with E-state index in [-0.39, 0.29) is 30.2 Å². The number of carbonyl (C=O) groups is 2. The summed E-state index contributed by atoms with van der Waals surface area (Å²) in [6.45, 7) is 9.36. The molecule has 7 heteroatoms. The third-order valence-electron chi connectivity index (χ3n) is 6.13. The zero-order chi connectivity index (χ0) is 24.9. The van der Waals surface area contributed by atoms with Crippen LogP contribution in [-0.4, -0.2) is 34.8 Å². The van der Waals surface area contributed by atoms with Gasteiger partial charge in [-0.1, -0.05) is 49.7 Å². The van der Waals surface area contributed by atoms with Crippen LogP contribution in [0.5, 0.6) is 5.75 Å². The van der Waals surface area contributed by atoms with Gasteiger partial charge in [0.25, 0.3) is 5.91 Å². The van der Waals surface area contributed by atoms with Gasteiger partial charge in [-0.2, -0.15) is 0 Å². The van der Waals surface area contributed by atoms with Gasteiger partial charge in [0.05, 0.1) is 6.04 Å². The lowest BCUT2D eigenvalue weighted by molar-refractivity contribution is -0.134. The number of nitrogens with zero attached hydrogens (tertiary/aromatic N) is 2. The number of carbonyl (C=O) groups excluding carboxylic acids is 2. The molecule has 1 N–H and O–H groups in total. The summed E-state index contributed by atoms with van der Waals surface area (Å²) < 4.78 is 11.4. The Labute approximate surface area is 206 Å². The van der Waals surface area contributed by atoms with E-state index in [1.807, 2.05) is 24.0 Å². The number of hydrogen-bond acceptors (Lipinski definition) is 5. The molecular formula is C28H33N3O4. The quantitative estimate of drug-likeness (QED) is 0.504. The molecule has 184 valence electrons. The SMILES string of the molecule is CCNC(=O)c1coc(COc2ccc3c(c2)C(c2ccc(C)cc2)N(C(=O)CC(C)C)CC3)n1. The van der Waals surface area contributed by atoms with Crippen molar-refractivity contribution >= 4 is 11.8 Å². The molecule has 0 radical (unpaired) electrons. The molecule has 7 nitrogen and oxygen atoms in total. The highest BCUT2D eigenvalue weighted by Crippen LogP contribution is 2.38. The topological polar surface area (TPSA) is 84.7 Å². The van der Waals surface area contributed by atoms with Crippen molar-refractivity contribution < 1.29 is 18.7 Å². The normalized spacial score (nSPS) is 15.1. The molecule has 0 saturated heterocycles. The van der Waals surface area contributed by atoms with Crippen LogP contribution in [0.15, 0.2) is 53.1 Å². The molecule has 1 aliphatic heterocycles. The minimum absolute atomic E-state index is 0.101. The van der Waals surface area contributed by atoms with Gasteiger partial charge in [0.15, 0.2) is 12.3 Å². The van der Waals surface area contributed by atoms with Crippen molar-refractivity contribution in [2.24, 2.45) is 5.92 Å². The van der Waals surface area contributed by atoms with Crippen molar-refractivity contribution in [1.82, 2.24) is 15.2 Å². The maximum atomic E-state index is 13.2. The minimum atomic E-state index is -0.275. The fraction of sp³-hybridized carbons (Fsp3) is 0.393. The van der Waals surface area contributed by atoms with Gasteiger partial charge in [0, 0.05) is 19.5 Å². The fourth-order valence-corrected chi connectivity index (χ4v) is 4.40. The predicted molar refractivity (Wildman–Crippen MR) is 133 cm³/mol. The number of benzene rings is 2. The van der Waals surface area contributed by atoms with Crippen LogP contribution in [0.25, 0.3) is 0 Å². The molecule has 0 fully saturated rings. The Bertz CT molecular complexity index is 1180. The number of amides is 2. The van der Waals surface area contributed by atoms with Gasteiger partial charge in [0.1, 0.15) is 12.0 Å². The number of aryl methyl sites for hydroxylation is 1. The van der Waals surface area contributed by atoms with Crippen LogP contribution in [0.1, 0.15) is 71.9 Å². The Morgan fingerprint density at radius 2 is 1.97 bits per heavy atom. The van der Waals surface area contributed by atoms with Crippen molar-refractivity contribution in [2.45, 2.75) is 53.2 Å². The summed E-state index contributed by atoms with van der Waals surface area (Å²) in [5.41, 5.74) is 4.79. The Morgan fingerprint density at radius 3 is 2.69 bits per heavy atom. The lowest BCUT2D eigenvalue weighted by Crippen LogP contribution is -2.41. The monoisotopic (exact) mass is 475 g/mol. The second-order valence-corrected chi connectivity index (χ2v) is 9.38. The van der Waals surface area contributed by atoms with Gasteiger partial charge in [-0.25, -0.2) is 4.98 Å². The summed E-state index contributed by atoms with van der Waals surface area (Å²) in [6.07, 6.45) is 2.66. The zero-order valence-electron chi connectivity index (χ0n) is 20.8. The molecule has 35 heavy (non-hydrogen) atoms. The average Bonchev–Trinajstić information content (AvgIpc) is 3.31. The molecular weight excluding hydrogens is 442 g/mol. The third-order valence-corrected chi connectivity index (χ3v) is 6.13. The van der Waals surface area contributed by atoms with Crippen molar-refractivity contribution in [1.29, 1.82) is 0 Å². The van der Waals surface area contributed by atoms with E-state index in [1.54, 1.807) is 0 Å². The fourth-order valence-electron chi connectivity index (χ4n) is 4.40. The molecule has 0 spiro atoms. The molecule has 3 aromatic rings. The highest BCUT2D eigenvalue weighted by Gasteiger charge is 2.32. The van der Waals surface area contributed by atoms with E-state index in [4.69, 9.17) is 9.15 Å². The van der Waals surface area contributed by atoms with E-state index >= 15 is 0 Å². The van der Waals surface area contributed by atoms with Gasteiger partial charge < -0.3 is 19.4 Å². The van der Waals surface area contributed by atoms with Crippen LogP contribution < -0.4 is 10.1 Å². The highest BCUT2D eigenvalue weighted by molar-refractivity contribution is 5.91. The smallest absolute Gasteiger partial charge is 0.273 e. The first-order valence-corrected chi connectivity index (χ1v) is 12.2. The van der Waals surface area contributed by atoms with Crippen LogP contribution in [0.4, 0.5) is 0 Å². The Morgan fingerprint density at radius 1 is 1.20 bits per heavy atom. The molecule has 1 atom stereocenters. The van der Waals surface area contributed by atoms with E-state index in [0.717, 1.165) is 17.5 Å². The van der Waals surface area contributed by atoms with Crippen LogP contribution in [-0.2, 0) is 17.8 Å². The largest absolute Gasteiger partial charge is 0.484 e. The van der Waals surface area contributed by atoms with E-state index in [2.05, 4.69) is 61.4 Å². The highest BCUT2D eigenvalue weighted by atomic mass is 16.5. The molecule has 2 aromatic carbocycles. The number of nitrogens with one attached hydrogen (secondary N) is 1. The molecule has 2 amide bonds. The van der Waals surface area contributed by atoms with Crippen LogP contribution >= 0.6 is 0 Å². The Hall–Kier alpha value is -3.61. The number of hydrogen-bond donors (Lipinski definition) is 1. The second-order valence-electron chi connectivity index (χ2n) is 9.38. The van der Waals surface area contributed by atoms with Gasteiger partial charge in [-0.3, -0.25) is 9.59 Å². The number of ether oxygens (including phenoxy) is 1. The van der Waals surface area contributed by atoms with Gasteiger partial charge in [-0.15, -0.1) is 0 Å². The van der Waals surface area contributed by atoms with E-state index in [0.29, 0.717) is 37.1 Å². The lowest BCUT2D eigenvalue weighted by Gasteiger charge is -2.38. The number of aromatic nitrogens is 1. The number of fused-ring (bicyclic) bond motifs is 1. The molecule has 2 heterocycles. The molecule has 4 rings (SSSR count). The molecule has 1 aromatic heterocycles. The van der Waals surface area contributed by atoms with Gasteiger partial charge in [-0.05, 0) is 55.0 Å². The average molecular weight is 476 g/mol. The first-order valence-electron chi connectivity index (χ1n) is 12.2. The summed E-state index contributed by atoms with van der Waals surface area (Å²) in [6, 6.07) is 14.2. The first-order chi connectivity index (χ1) is 16.9. The van der Waals surface area contributed by atoms with E-state index < -0.39 is 0 Å². The number of oxazole rings is 1.